The van der Waals surface area contributed by atoms with Crippen LogP contribution in [0.5, 0.6) is 0 Å². The van der Waals surface area contributed by atoms with Crippen LogP contribution in [0.3, 0.4) is 0 Å². The number of rotatable bonds is 9. The van der Waals surface area contributed by atoms with Gasteiger partial charge in [0.2, 0.25) is 5.91 Å². The largest absolute Gasteiger partial charge is 0.475 e. The smallest absolute Gasteiger partial charge is 0.426 e. The molecule has 1 aromatic rings. The van der Waals surface area contributed by atoms with Crippen LogP contribution >= 0.6 is 0 Å². The zero-order chi connectivity index (χ0) is 17.5. The van der Waals surface area contributed by atoms with Gasteiger partial charge in [-0.15, -0.1) is 0 Å². The number of carbonyl (C=O) groups is 2. The van der Waals surface area contributed by atoms with Gasteiger partial charge in [0.15, 0.2) is 0 Å². The SMILES string of the molecule is COCC(NC(=O)c1cnccn1)C(=O)NC(CC1CC1)B(O)O. The molecule has 130 valence electrons. The number of nitrogens with zero attached hydrogens (tertiary/aromatic N) is 2. The third-order valence-corrected chi connectivity index (χ3v) is 3.72. The van der Waals surface area contributed by atoms with Crippen LogP contribution in [-0.4, -0.2) is 64.6 Å². The molecule has 1 aromatic heterocycles. The second-order valence-electron chi connectivity index (χ2n) is 5.78. The molecule has 0 bridgehead atoms. The van der Waals surface area contributed by atoms with E-state index in [0.717, 1.165) is 12.8 Å². The standard InChI is InChI=1S/C14H21BN4O5/c1-24-8-11(18-13(20)10-7-16-4-5-17-10)14(21)19-12(15(22)23)6-9-2-3-9/h4-5,7,9,11-12,22-23H,2-3,6,8H2,1H3,(H,18,20)(H,19,21). The first-order valence-electron chi connectivity index (χ1n) is 7.73. The Balaban J connectivity index is 1.97. The number of nitrogens with one attached hydrogen (secondary N) is 2. The number of ether oxygens (including phenoxy) is 1. The first-order valence-corrected chi connectivity index (χ1v) is 7.73. The summed E-state index contributed by atoms with van der Waals surface area (Å²) in [6.07, 6.45) is 6.61. The van der Waals surface area contributed by atoms with E-state index in [1.54, 1.807) is 0 Å². The molecule has 1 aliphatic rings. The van der Waals surface area contributed by atoms with Gasteiger partial charge in [-0.2, -0.15) is 0 Å². The van der Waals surface area contributed by atoms with Crippen molar-refractivity contribution in [2.24, 2.45) is 5.92 Å². The van der Waals surface area contributed by atoms with Crippen molar-refractivity contribution in [3.63, 3.8) is 0 Å². The molecule has 0 spiro atoms. The molecular formula is C14H21BN4O5. The van der Waals surface area contributed by atoms with Gasteiger partial charge in [0.05, 0.1) is 18.7 Å². The van der Waals surface area contributed by atoms with Gasteiger partial charge in [-0.1, -0.05) is 12.8 Å². The minimum Gasteiger partial charge on any atom is -0.426 e. The molecule has 2 atom stereocenters. The second kappa shape index (κ2) is 8.72. The predicted molar refractivity (Wildman–Crippen MR) is 84.6 cm³/mol. The summed E-state index contributed by atoms with van der Waals surface area (Å²) in [7, 11) is -0.259. The van der Waals surface area contributed by atoms with E-state index < -0.39 is 30.9 Å². The van der Waals surface area contributed by atoms with Crippen LogP contribution in [0.2, 0.25) is 0 Å². The Hall–Kier alpha value is -2.04. The Kier molecular flexibility index (Phi) is 6.65. The van der Waals surface area contributed by atoms with Crippen LogP contribution in [0.25, 0.3) is 0 Å². The van der Waals surface area contributed by atoms with E-state index >= 15 is 0 Å². The number of amides is 2. The summed E-state index contributed by atoms with van der Waals surface area (Å²) in [5, 5.41) is 23.9. The van der Waals surface area contributed by atoms with Crippen LogP contribution in [0.1, 0.15) is 29.8 Å². The molecule has 10 heteroatoms. The zero-order valence-corrected chi connectivity index (χ0v) is 13.4. The van der Waals surface area contributed by atoms with Gasteiger partial charge in [-0.25, -0.2) is 4.98 Å². The van der Waals surface area contributed by atoms with Gasteiger partial charge < -0.3 is 25.4 Å². The Morgan fingerprint density at radius 2 is 2.12 bits per heavy atom. The predicted octanol–water partition coefficient (Wildman–Crippen LogP) is -1.48. The molecule has 0 aromatic carbocycles. The molecule has 9 nitrogen and oxygen atoms in total. The molecule has 0 saturated heterocycles. The van der Waals surface area contributed by atoms with Gasteiger partial charge in [0.25, 0.3) is 5.91 Å². The maximum Gasteiger partial charge on any atom is 0.475 e. The van der Waals surface area contributed by atoms with Crippen LogP contribution in [-0.2, 0) is 9.53 Å². The molecule has 1 saturated carbocycles. The molecule has 4 N–H and O–H groups in total. The summed E-state index contributed by atoms with van der Waals surface area (Å²) >= 11 is 0. The topological polar surface area (TPSA) is 134 Å². The second-order valence-corrected chi connectivity index (χ2v) is 5.78. The quantitative estimate of drug-likeness (QED) is 0.404. The van der Waals surface area contributed by atoms with Gasteiger partial charge in [-0.3, -0.25) is 14.6 Å². The Bertz CT molecular complexity index is 555. The van der Waals surface area contributed by atoms with E-state index in [-0.39, 0.29) is 12.3 Å². The summed E-state index contributed by atoms with van der Waals surface area (Å²) in [6.45, 7) is -0.0600. The minimum absolute atomic E-state index is 0.0600. The fourth-order valence-corrected chi connectivity index (χ4v) is 2.25. The van der Waals surface area contributed by atoms with E-state index in [2.05, 4.69) is 20.6 Å². The molecule has 1 fully saturated rings. The first kappa shape index (κ1) is 18.3. The Morgan fingerprint density at radius 1 is 1.38 bits per heavy atom. The van der Waals surface area contributed by atoms with Crippen LogP contribution in [0.4, 0.5) is 0 Å². The molecule has 1 heterocycles. The first-order chi connectivity index (χ1) is 11.5. The fraction of sp³-hybridized carbons (Fsp3) is 0.571. The fourth-order valence-electron chi connectivity index (χ4n) is 2.25. The van der Waals surface area contributed by atoms with E-state index in [0.29, 0.717) is 12.3 Å². The number of aromatic nitrogens is 2. The van der Waals surface area contributed by atoms with Crippen molar-refractivity contribution in [2.45, 2.75) is 31.2 Å². The van der Waals surface area contributed by atoms with Crippen molar-refractivity contribution in [1.82, 2.24) is 20.6 Å². The van der Waals surface area contributed by atoms with Crippen molar-refractivity contribution < 1.29 is 24.4 Å². The molecule has 2 rings (SSSR count). The summed E-state index contributed by atoms with van der Waals surface area (Å²) in [4.78, 5) is 32.1. The van der Waals surface area contributed by atoms with Crippen LogP contribution in [0, 0.1) is 5.92 Å². The lowest BCUT2D eigenvalue weighted by molar-refractivity contribution is -0.124. The Labute approximate surface area is 140 Å². The lowest BCUT2D eigenvalue weighted by atomic mass is 9.76. The summed E-state index contributed by atoms with van der Waals surface area (Å²) in [6, 6.07) is -0.982. The van der Waals surface area contributed by atoms with E-state index in [1.807, 2.05) is 0 Å². The highest BCUT2D eigenvalue weighted by Gasteiger charge is 2.34. The molecular weight excluding hydrogens is 315 g/mol. The summed E-state index contributed by atoms with van der Waals surface area (Å²) < 4.78 is 4.96. The van der Waals surface area contributed by atoms with Crippen molar-refractivity contribution in [3.8, 4) is 0 Å². The molecule has 1 aliphatic carbocycles. The van der Waals surface area contributed by atoms with Crippen molar-refractivity contribution in [3.05, 3.63) is 24.3 Å². The third kappa shape index (κ3) is 5.55. The molecule has 0 aliphatic heterocycles. The molecule has 0 radical (unpaired) electrons. The average molecular weight is 336 g/mol. The zero-order valence-electron chi connectivity index (χ0n) is 13.4. The number of hydrogen-bond acceptors (Lipinski definition) is 7. The lowest BCUT2D eigenvalue weighted by Crippen LogP contribution is -2.55. The average Bonchev–Trinajstić information content (AvgIpc) is 3.38. The van der Waals surface area contributed by atoms with Crippen molar-refractivity contribution in [2.75, 3.05) is 13.7 Å². The summed E-state index contributed by atoms with van der Waals surface area (Å²) in [5.74, 6) is -1.50. The van der Waals surface area contributed by atoms with Gasteiger partial charge in [-0.05, 0) is 12.3 Å². The van der Waals surface area contributed by atoms with Crippen LogP contribution in [0.15, 0.2) is 18.6 Å². The minimum atomic E-state index is -1.66. The monoisotopic (exact) mass is 336 g/mol. The number of hydrogen-bond donors (Lipinski definition) is 4. The molecule has 2 amide bonds. The van der Waals surface area contributed by atoms with Gasteiger partial charge >= 0.3 is 7.12 Å². The van der Waals surface area contributed by atoms with Crippen LogP contribution < -0.4 is 10.6 Å². The molecule has 2 unspecified atom stereocenters. The number of carbonyl (C=O) groups excluding carboxylic acids is 2. The van der Waals surface area contributed by atoms with Gasteiger partial charge in [0, 0.05) is 19.5 Å². The van der Waals surface area contributed by atoms with E-state index in [9.17, 15) is 19.6 Å². The summed E-state index contributed by atoms with van der Waals surface area (Å²) in [5.41, 5.74) is 0.0723. The highest BCUT2D eigenvalue weighted by molar-refractivity contribution is 6.43. The normalized spacial score (nSPS) is 16.1. The Morgan fingerprint density at radius 3 is 2.67 bits per heavy atom. The maximum absolute atomic E-state index is 12.4. The highest BCUT2D eigenvalue weighted by atomic mass is 16.5. The van der Waals surface area contributed by atoms with E-state index in [4.69, 9.17) is 4.74 Å². The molecule has 24 heavy (non-hydrogen) atoms. The lowest BCUT2D eigenvalue weighted by Gasteiger charge is -2.22. The van der Waals surface area contributed by atoms with Crippen molar-refractivity contribution in [1.29, 1.82) is 0 Å². The van der Waals surface area contributed by atoms with Crippen molar-refractivity contribution >= 4 is 18.9 Å². The van der Waals surface area contributed by atoms with E-state index in [1.165, 1.54) is 25.7 Å². The number of methoxy groups -OCH3 is 1. The maximum atomic E-state index is 12.4. The third-order valence-electron chi connectivity index (χ3n) is 3.72. The highest BCUT2D eigenvalue weighted by Crippen LogP contribution is 2.33. The van der Waals surface area contributed by atoms with Gasteiger partial charge in [0.1, 0.15) is 11.7 Å².